The summed E-state index contributed by atoms with van der Waals surface area (Å²) in [6, 6.07) is 0. The highest BCUT2D eigenvalue weighted by molar-refractivity contribution is 9.14. The van der Waals surface area contributed by atoms with Gasteiger partial charge in [-0.3, -0.25) is 18.7 Å². The summed E-state index contributed by atoms with van der Waals surface area (Å²) in [6.45, 7) is 0. The van der Waals surface area contributed by atoms with Gasteiger partial charge in [-0.2, -0.15) is 0 Å². The summed E-state index contributed by atoms with van der Waals surface area (Å²) < 4.78 is 14.3. The number of hydrogen-bond acceptors (Lipinski definition) is 3. The van der Waals surface area contributed by atoms with E-state index in [4.69, 9.17) is 0 Å². The number of hydrogen-bond donors (Lipinski definition) is 0. The maximum absolute atomic E-state index is 13.9. The number of carbonyl (C=O) groups is 2. The molecule has 4 aliphatic heterocycles. The van der Waals surface area contributed by atoms with Gasteiger partial charge in [0, 0.05) is 26.8 Å². The predicted octanol–water partition coefficient (Wildman–Crippen LogP) is 4.39. The van der Waals surface area contributed by atoms with Gasteiger partial charge in [0.05, 0.1) is 21.3 Å². The molecule has 0 spiro atoms. The molecular weight excluding hydrogens is 482 g/mol. The monoisotopic (exact) mass is 505 g/mol. The van der Waals surface area contributed by atoms with E-state index in [-0.39, 0.29) is 11.8 Å². The number of imide groups is 1. The lowest BCUT2D eigenvalue weighted by atomic mass is 9.69. The molecule has 2 amide bonds. The first-order valence-electron chi connectivity index (χ1n) is 9.70. The quantitative estimate of drug-likeness (QED) is 0.458. The molecule has 4 unspecified atom stereocenters. The second-order valence-corrected chi connectivity index (χ2v) is 11.8. The van der Waals surface area contributed by atoms with Crippen LogP contribution in [-0.2, 0) is 20.4 Å². The summed E-state index contributed by atoms with van der Waals surface area (Å²) in [6.07, 6.45) is 10.4. The summed E-state index contributed by atoms with van der Waals surface area (Å²) in [7, 11) is 0.320. The van der Waals surface area contributed by atoms with Crippen molar-refractivity contribution < 1.29 is 13.8 Å². The molecule has 0 saturated carbocycles. The van der Waals surface area contributed by atoms with E-state index in [9.17, 15) is 13.8 Å². The van der Waals surface area contributed by atoms with E-state index in [2.05, 4.69) is 31.9 Å². The molecule has 4 rings (SSSR count). The van der Waals surface area contributed by atoms with Crippen molar-refractivity contribution in [1.82, 2.24) is 4.90 Å². The molecule has 0 N–H and O–H groups in total. The minimum atomic E-state index is -1.27. The molecular formula is C19H25Br2NO3S. The van der Waals surface area contributed by atoms with Crippen molar-refractivity contribution in [2.24, 2.45) is 11.8 Å². The van der Waals surface area contributed by atoms with Gasteiger partial charge in [-0.05, 0) is 12.8 Å². The van der Waals surface area contributed by atoms with Gasteiger partial charge >= 0.3 is 0 Å². The van der Waals surface area contributed by atoms with Crippen LogP contribution in [0.3, 0.4) is 0 Å². The van der Waals surface area contributed by atoms with Gasteiger partial charge in [0.1, 0.15) is 0 Å². The fraction of sp³-hybridized carbons (Fsp3) is 0.789. The van der Waals surface area contributed by atoms with Crippen molar-refractivity contribution in [2.45, 2.75) is 73.7 Å². The van der Waals surface area contributed by atoms with Gasteiger partial charge in [-0.25, -0.2) is 0 Å². The van der Waals surface area contributed by atoms with Crippen molar-refractivity contribution in [2.75, 3.05) is 7.05 Å². The van der Waals surface area contributed by atoms with Crippen LogP contribution in [0.1, 0.15) is 64.2 Å². The zero-order valence-electron chi connectivity index (χ0n) is 15.1. The number of fused-ring (bicyclic) bond motifs is 1. The Bertz CT molecular complexity index is 668. The van der Waals surface area contributed by atoms with Gasteiger partial charge in [0.25, 0.3) is 0 Å². The smallest absolute Gasteiger partial charge is 0.234 e. The van der Waals surface area contributed by atoms with Gasteiger partial charge in [-0.15, -0.1) is 0 Å². The number of halogens is 2. The van der Waals surface area contributed by atoms with E-state index in [0.717, 1.165) is 34.6 Å². The first-order chi connectivity index (χ1) is 12.4. The van der Waals surface area contributed by atoms with Crippen LogP contribution in [0.4, 0.5) is 0 Å². The predicted molar refractivity (Wildman–Crippen MR) is 109 cm³/mol. The molecule has 3 saturated heterocycles. The summed E-state index contributed by atoms with van der Waals surface area (Å²) in [4.78, 5) is 27.3. The third-order valence-electron chi connectivity index (χ3n) is 6.98. The van der Waals surface area contributed by atoms with Gasteiger partial charge in [0.15, 0.2) is 0 Å². The van der Waals surface area contributed by atoms with Crippen LogP contribution in [0.5, 0.6) is 0 Å². The fourth-order valence-corrected chi connectivity index (χ4v) is 11.2. The van der Waals surface area contributed by atoms with Crippen molar-refractivity contribution in [1.29, 1.82) is 0 Å². The molecule has 0 aromatic heterocycles. The Morgan fingerprint density at radius 3 is 1.54 bits per heavy atom. The normalized spacial score (nSPS) is 44.0. The van der Waals surface area contributed by atoms with E-state index in [1.54, 1.807) is 7.05 Å². The molecule has 3 fully saturated rings. The van der Waals surface area contributed by atoms with E-state index >= 15 is 0 Å². The maximum atomic E-state index is 13.9. The topological polar surface area (TPSA) is 54.5 Å². The van der Waals surface area contributed by atoms with Crippen LogP contribution >= 0.6 is 31.9 Å². The molecule has 0 aromatic rings. The third kappa shape index (κ3) is 2.25. The maximum Gasteiger partial charge on any atom is 0.234 e. The van der Waals surface area contributed by atoms with Gasteiger partial charge < -0.3 is 0 Å². The van der Waals surface area contributed by atoms with Crippen molar-refractivity contribution in [3.05, 3.63) is 8.96 Å². The summed E-state index contributed by atoms with van der Waals surface area (Å²) in [5.41, 5.74) is 0. The van der Waals surface area contributed by atoms with E-state index in [0.29, 0.717) is 12.8 Å². The van der Waals surface area contributed by atoms with Crippen LogP contribution in [0.25, 0.3) is 0 Å². The second-order valence-electron chi connectivity index (χ2n) is 8.19. The van der Waals surface area contributed by atoms with Crippen LogP contribution < -0.4 is 0 Å². The largest absolute Gasteiger partial charge is 0.285 e. The van der Waals surface area contributed by atoms with Crippen molar-refractivity contribution in [3.63, 3.8) is 0 Å². The average Bonchev–Trinajstić information content (AvgIpc) is 3.06. The first kappa shape index (κ1) is 19.3. The van der Waals surface area contributed by atoms with Crippen LogP contribution in [0.15, 0.2) is 8.96 Å². The second kappa shape index (κ2) is 6.80. The summed E-state index contributed by atoms with van der Waals surface area (Å²) in [5.74, 6) is -1.22. The number of carbonyl (C=O) groups excluding carboxylic acids is 2. The van der Waals surface area contributed by atoms with Gasteiger partial charge in [0.2, 0.25) is 11.8 Å². The minimum Gasteiger partial charge on any atom is -0.285 e. The van der Waals surface area contributed by atoms with Crippen LogP contribution in [0, 0.1) is 11.8 Å². The Labute approximate surface area is 174 Å². The zero-order chi connectivity index (χ0) is 18.7. The highest BCUT2D eigenvalue weighted by atomic mass is 79.9. The molecule has 7 heteroatoms. The third-order valence-corrected chi connectivity index (χ3v) is 12.9. The number of nitrogens with zero attached hydrogens (tertiary/aromatic N) is 1. The summed E-state index contributed by atoms with van der Waals surface area (Å²) >= 11 is 7.46. The van der Waals surface area contributed by atoms with E-state index in [1.807, 2.05) is 0 Å². The molecule has 0 radical (unpaired) electrons. The highest BCUT2D eigenvalue weighted by Crippen LogP contribution is 2.70. The molecule has 2 bridgehead atoms. The molecule has 26 heavy (non-hydrogen) atoms. The molecule has 0 aliphatic carbocycles. The highest BCUT2D eigenvalue weighted by Gasteiger charge is 2.79. The lowest BCUT2D eigenvalue weighted by Gasteiger charge is -2.33. The zero-order valence-corrected chi connectivity index (χ0v) is 19.1. The van der Waals surface area contributed by atoms with Crippen molar-refractivity contribution >= 4 is 54.5 Å². The average molecular weight is 507 g/mol. The standard InChI is InChI=1S/C19H25Br2NO3S/c1-22-16(23)12-13(17(22)24)19-11-9-7-5-3-2-4-6-8-10-18(12,26(19)25)14(20)15(19)21/h12-13H,2-11H2,1H3. The molecule has 4 heterocycles. The Morgan fingerprint density at radius 2 is 1.15 bits per heavy atom. The Balaban J connectivity index is 1.86. The Morgan fingerprint density at radius 1 is 0.808 bits per heavy atom. The first-order valence-corrected chi connectivity index (χ1v) is 12.4. The SMILES string of the molecule is CN1C(=O)C2C(C1=O)C13CCCCCCCCCCC2(C(Br)=C1Br)S3=O. The molecule has 4 aliphatic rings. The fourth-order valence-electron chi connectivity index (χ4n) is 5.66. The number of amides is 2. The van der Waals surface area contributed by atoms with E-state index < -0.39 is 32.1 Å². The molecule has 4 atom stereocenters. The Hall–Kier alpha value is -0.0100. The molecule has 4 nitrogen and oxygen atoms in total. The Kier molecular flexibility index (Phi) is 5.05. The van der Waals surface area contributed by atoms with Crippen molar-refractivity contribution in [3.8, 4) is 0 Å². The lowest BCUT2D eigenvalue weighted by Crippen LogP contribution is -2.42. The van der Waals surface area contributed by atoms with Gasteiger partial charge in [-0.1, -0.05) is 83.2 Å². The molecule has 144 valence electrons. The van der Waals surface area contributed by atoms with E-state index in [1.165, 1.54) is 30.6 Å². The summed E-state index contributed by atoms with van der Waals surface area (Å²) in [5, 5.41) is 0. The van der Waals surface area contributed by atoms with Crippen LogP contribution in [0.2, 0.25) is 0 Å². The number of rotatable bonds is 0. The number of likely N-dealkylation sites (tertiary alicyclic amines) is 1. The molecule has 0 aromatic carbocycles. The van der Waals surface area contributed by atoms with Crippen LogP contribution in [-0.4, -0.2) is 37.5 Å². The lowest BCUT2D eigenvalue weighted by molar-refractivity contribution is -0.138. The minimum absolute atomic E-state index is 0.140.